The summed E-state index contributed by atoms with van der Waals surface area (Å²) in [6.45, 7) is 11.2. The molecule has 4 heteroatoms. The molecular formula is C12H23NO3. The quantitative estimate of drug-likeness (QED) is 0.684. The maximum Gasteiger partial charge on any atom is 0.407 e. The molecule has 0 aromatic rings. The average Bonchev–Trinajstić information content (AvgIpc) is 2.16. The van der Waals surface area contributed by atoms with Crippen LogP contribution in [0.15, 0.2) is 12.7 Å². The Morgan fingerprint density at radius 3 is 2.31 bits per heavy atom. The summed E-state index contributed by atoms with van der Waals surface area (Å²) in [7, 11) is 0. The van der Waals surface area contributed by atoms with Gasteiger partial charge in [-0.15, -0.1) is 6.58 Å². The number of nitrogens with one attached hydrogen (secondary N) is 1. The Labute approximate surface area is 97.7 Å². The lowest BCUT2D eigenvalue weighted by Crippen LogP contribution is -2.39. The van der Waals surface area contributed by atoms with Gasteiger partial charge in [0.1, 0.15) is 6.10 Å². The van der Waals surface area contributed by atoms with Crippen LogP contribution in [0.3, 0.4) is 0 Å². The summed E-state index contributed by atoms with van der Waals surface area (Å²) < 4.78 is 5.29. The highest BCUT2D eigenvalue weighted by Crippen LogP contribution is 2.17. The van der Waals surface area contributed by atoms with E-state index in [9.17, 15) is 4.79 Å². The van der Waals surface area contributed by atoms with Gasteiger partial charge in [0.2, 0.25) is 0 Å². The smallest absolute Gasteiger partial charge is 0.407 e. The third-order valence-electron chi connectivity index (χ3n) is 2.24. The first-order valence-corrected chi connectivity index (χ1v) is 5.62. The van der Waals surface area contributed by atoms with E-state index < -0.39 is 6.09 Å². The van der Waals surface area contributed by atoms with Gasteiger partial charge < -0.3 is 15.2 Å². The third-order valence-corrected chi connectivity index (χ3v) is 2.24. The van der Waals surface area contributed by atoms with Crippen molar-refractivity contribution < 1.29 is 14.6 Å². The first kappa shape index (κ1) is 15.0. The Bertz CT molecular complexity index is 226. The summed E-state index contributed by atoms with van der Waals surface area (Å²) >= 11 is 0. The molecule has 2 N–H and O–H groups in total. The van der Waals surface area contributed by atoms with Gasteiger partial charge in [-0.1, -0.05) is 19.9 Å². The van der Waals surface area contributed by atoms with Crippen LogP contribution in [0.1, 0.15) is 27.7 Å². The average molecular weight is 229 g/mol. The maximum absolute atomic E-state index is 11.5. The van der Waals surface area contributed by atoms with Gasteiger partial charge in [-0.05, 0) is 19.8 Å². The van der Waals surface area contributed by atoms with Crippen molar-refractivity contribution in [2.45, 2.75) is 39.8 Å². The van der Waals surface area contributed by atoms with Crippen LogP contribution in [0, 0.1) is 11.8 Å². The molecule has 0 saturated carbocycles. The van der Waals surface area contributed by atoms with E-state index in [0.717, 1.165) is 0 Å². The summed E-state index contributed by atoms with van der Waals surface area (Å²) in [5.41, 5.74) is 0. The van der Waals surface area contributed by atoms with Crippen molar-refractivity contribution in [1.29, 1.82) is 0 Å². The molecule has 0 aliphatic rings. The number of ether oxygens (including phenoxy) is 1. The molecule has 0 unspecified atom stereocenters. The number of carbonyl (C=O) groups excluding carboxylic acids is 1. The largest absolute Gasteiger partial charge is 0.445 e. The highest BCUT2D eigenvalue weighted by Gasteiger charge is 2.25. The Morgan fingerprint density at radius 1 is 1.44 bits per heavy atom. The molecule has 0 aromatic heterocycles. The van der Waals surface area contributed by atoms with Crippen molar-refractivity contribution in [2.24, 2.45) is 11.8 Å². The lowest BCUT2D eigenvalue weighted by Gasteiger charge is -2.27. The standard InChI is InChI=1S/C12H23NO3/c1-6-10(7-14)11(8(2)3)16-12(15)13-9(4)5/h6,8-11,14H,1,7H2,2-5H3,(H,13,15)/t10-,11-/m1/s1. The fourth-order valence-corrected chi connectivity index (χ4v) is 1.42. The number of carbonyl (C=O) groups is 1. The molecule has 0 saturated heterocycles. The van der Waals surface area contributed by atoms with Crippen LogP contribution >= 0.6 is 0 Å². The Hall–Kier alpha value is -1.03. The first-order valence-electron chi connectivity index (χ1n) is 5.62. The lowest BCUT2D eigenvalue weighted by molar-refractivity contribution is 0.0272. The van der Waals surface area contributed by atoms with Crippen molar-refractivity contribution in [3.8, 4) is 0 Å². The second kappa shape index (κ2) is 7.28. The zero-order valence-electron chi connectivity index (χ0n) is 10.6. The summed E-state index contributed by atoms with van der Waals surface area (Å²) in [4.78, 5) is 11.5. The van der Waals surface area contributed by atoms with E-state index in [1.54, 1.807) is 6.08 Å². The van der Waals surface area contributed by atoms with E-state index in [1.807, 2.05) is 27.7 Å². The van der Waals surface area contributed by atoms with Gasteiger partial charge in [-0.25, -0.2) is 4.79 Å². The number of alkyl carbamates (subject to hydrolysis) is 1. The molecule has 0 heterocycles. The van der Waals surface area contributed by atoms with Gasteiger partial charge in [-0.3, -0.25) is 0 Å². The summed E-state index contributed by atoms with van der Waals surface area (Å²) in [6, 6.07) is 0.0385. The molecule has 0 rings (SSSR count). The van der Waals surface area contributed by atoms with E-state index in [2.05, 4.69) is 11.9 Å². The zero-order chi connectivity index (χ0) is 12.7. The number of aliphatic hydroxyl groups excluding tert-OH is 1. The SMILES string of the molecule is C=C[C@H](CO)[C@H](OC(=O)NC(C)C)C(C)C. The van der Waals surface area contributed by atoms with Gasteiger partial charge >= 0.3 is 6.09 Å². The first-order chi connectivity index (χ1) is 7.42. The van der Waals surface area contributed by atoms with Crippen molar-refractivity contribution in [1.82, 2.24) is 5.32 Å². The summed E-state index contributed by atoms with van der Waals surface area (Å²) in [5.74, 6) is -0.0917. The number of aliphatic hydroxyl groups is 1. The van der Waals surface area contributed by atoms with E-state index >= 15 is 0 Å². The molecule has 0 bridgehead atoms. The Balaban J connectivity index is 4.44. The Morgan fingerprint density at radius 2 is 2.00 bits per heavy atom. The van der Waals surface area contributed by atoms with Gasteiger partial charge in [0.25, 0.3) is 0 Å². The predicted molar refractivity (Wildman–Crippen MR) is 64.2 cm³/mol. The minimum Gasteiger partial charge on any atom is -0.445 e. The molecule has 0 spiro atoms. The maximum atomic E-state index is 11.5. The molecule has 0 aliphatic heterocycles. The second-order valence-corrected chi connectivity index (χ2v) is 4.50. The van der Waals surface area contributed by atoms with Crippen LogP contribution in [-0.2, 0) is 4.74 Å². The highest BCUT2D eigenvalue weighted by molar-refractivity contribution is 5.67. The van der Waals surface area contributed by atoms with Crippen molar-refractivity contribution in [3.63, 3.8) is 0 Å². The fourth-order valence-electron chi connectivity index (χ4n) is 1.42. The molecule has 4 nitrogen and oxygen atoms in total. The monoisotopic (exact) mass is 229 g/mol. The minimum absolute atomic E-state index is 0.0385. The van der Waals surface area contributed by atoms with Crippen molar-refractivity contribution in [3.05, 3.63) is 12.7 Å². The molecule has 1 amide bonds. The predicted octanol–water partition coefficient (Wildman–Crippen LogP) is 1.94. The summed E-state index contributed by atoms with van der Waals surface area (Å²) in [6.07, 6.45) is 0.822. The van der Waals surface area contributed by atoms with Crippen LogP contribution in [0.4, 0.5) is 4.79 Å². The van der Waals surface area contributed by atoms with Crippen LogP contribution in [0.25, 0.3) is 0 Å². The number of hydrogen-bond acceptors (Lipinski definition) is 3. The van der Waals surface area contributed by atoms with Gasteiger partial charge in [0, 0.05) is 12.0 Å². The molecule has 2 atom stereocenters. The van der Waals surface area contributed by atoms with Gasteiger partial charge in [0.15, 0.2) is 0 Å². The Kier molecular flexibility index (Phi) is 6.81. The molecule has 0 radical (unpaired) electrons. The minimum atomic E-state index is -0.450. The van der Waals surface area contributed by atoms with Crippen LogP contribution in [0.5, 0.6) is 0 Å². The van der Waals surface area contributed by atoms with E-state index in [0.29, 0.717) is 0 Å². The molecule has 0 aromatic carbocycles. The van der Waals surface area contributed by atoms with E-state index in [-0.39, 0.29) is 30.6 Å². The van der Waals surface area contributed by atoms with E-state index in [4.69, 9.17) is 9.84 Å². The highest BCUT2D eigenvalue weighted by atomic mass is 16.6. The number of rotatable bonds is 6. The van der Waals surface area contributed by atoms with E-state index in [1.165, 1.54) is 0 Å². The number of amides is 1. The van der Waals surface area contributed by atoms with Crippen LogP contribution in [-0.4, -0.2) is 30.0 Å². The number of hydrogen-bond donors (Lipinski definition) is 2. The second-order valence-electron chi connectivity index (χ2n) is 4.50. The topological polar surface area (TPSA) is 58.6 Å². The molecule has 0 fully saturated rings. The summed E-state index contributed by atoms with van der Waals surface area (Å²) in [5, 5.41) is 11.8. The molecular weight excluding hydrogens is 206 g/mol. The van der Waals surface area contributed by atoms with Gasteiger partial charge in [0.05, 0.1) is 6.61 Å². The molecule has 0 aliphatic carbocycles. The lowest BCUT2D eigenvalue weighted by atomic mass is 9.94. The van der Waals surface area contributed by atoms with Crippen molar-refractivity contribution in [2.75, 3.05) is 6.61 Å². The third kappa shape index (κ3) is 5.16. The normalized spacial score (nSPS) is 14.7. The fraction of sp³-hybridized carbons (Fsp3) is 0.750. The molecule has 16 heavy (non-hydrogen) atoms. The zero-order valence-corrected chi connectivity index (χ0v) is 10.6. The van der Waals surface area contributed by atoms with Crippen LogP contribution < -0.4 is 5.32 Å². The van der Waals surface area contributed by atoms with Gasteiger partial charge in [-0.2, -0.15) is 0 Å². The van der Waals surface area contributed by atoms with Crippen LogP contribution in [0.2, 0.25) is 0 Å². The molecule has 94 valence electrons. The van der Waals surface area contributed by atoms with Crippen molar-refractivity contribution >= 4 is 6.09 Å².